The lowest BCUT2D eigenvalue weighted by Crippen LogP contribution is -2.07. The monoisotopic (exact) mass is 517 g/mol. The minimum absolute atomic E-state index is 0.308. The summed E-state index contributed by atoms with van der Waals surface area (Å²) in [7, 11) is 1.42. The highest BCUT2D eigenvalue weighted by Gasteiger charge is 2.30. The molecule has 1 saturated carbocycles. The topological polar surface area (TPSA) is 49.0 Å². The van der Waals surface area contributed by atoms with E-state index in [-0.39, 0.29) is 5.97 Å². The van der Waals surface area contributed by atoms with Crippen LogP contribution in [0, 0.1) is 0 Å². The summed E-state index contributed by atoms with van der Waals surface area (Å²) < 4.78 is 11.1. The van der Waals surface area contributed by atoms with Crippen LogP contribution >= 0.6 is 31.9 Å². The van der Waals surface area contributed by atoms with E-state index in [9.17, 15) is 4.79 Å². The average Bonchev–Trinajstić information content (AvgIpc) is 3.14. The Morgan fingerprint density at radius 1 is 1.21 bits per heavy atom. The maximum Gasteiger partial charge on any atom is 0.337 e. The summed E-state index contributed by atoms with van der Waals surface area (Å²) in [5, 5.41) is 1.22. The molecule has 5 nitrogen and oxygen atoms in total. The SMILES string of the molecule is COC(=O)c1ccc2c(C3CCCCC3)c3n(c2c1)CC=Cn1c-3nc(Br)c1Br. The Balaban J connectivity index is 1.84. The maximum atomic E-state index is 12.2. The van der Waals surface area contributed by atoms with Crippen LogP contribution < -0.4 is 0 Å². The van der Waals surface area contributed by atoms with Crippen LogP contribution in [0.25, 0.3) is 28.6 Å². The van der Waals surface area contributed by atoms with Crippen molar-refractivity contribution in [3.05, 3.63) is 44.6 Å². The standard InChI is InChI=1S/C22H21Br2N3O2/c1-29-22(28)14-8-9-15-16(12-14)26-10-5-11-27-20(24)19(23)25-21(27)18(26)17(15)13-6-3-2-4-7-13/h5,8-9,11-13H,2-4,6-7,10H2,1H3. The van der Waals surface area contributed by atoms with Crippen LogP contribution in [-0.4, -0.2) is 27.2 Å². The molecular weight excluding hydrogens is 498 g/mol. The van der Waals surface area contributed by atoms with Gasteiger partial charge in [0.2, 0.25) is 0 Å². The number of nitrogens with zero attached hydrogens (tertiary/aromatic N) is 3. The van der Waals surface area contributed by atoms with Gasteiger partial charge in [-0.05, 0) is 74.4 Å². The molecule has 2 aromatic heterocycles. The molecule has 0 N–H and O–H groups in total. The highest BCUT2D eigenvalue weighted by molar-refractivity contribution is 9.13. The van der Waals surface area contributed by atoms with Gasteiger partial charge in [-0.15, -0.1) is 0 Å². The van der Waals surface area contributed by atoms with E-state index in [1.807, 2.05) is 12.1 Å². The summed E-state index contributed by atoms with van der Waals surface area (Å²) in [6, 6.07) is 5.94. The van der Waals surface area contributed by atoms with Gasteiger partial charge >= 0.3 is 5.97 Å². The van der Waals surface area contributed by atoms with Crippen LogP contribution in [0.4, 0.5) is 0 Å². The van der Waals surface area contributed by atoms with Gasteiger partial charge in [0.1, 0.15) is 9.21 Å². The highest BCUT2D eigenvalue weighted by atomic mass is 79.9. The summed E-state index contributed by atoms with van der Waals surface area (Å²) >= 11 is 7.23. The van der Waals surface area contributed by atoms with Crippen LogP contribution in [0.1, 0.15) is 53.9 Å². The third-order valence-electron chi connectivity index (χ3n) is 6.11. The molecule has 0 spiro atoms. The molecule has 29 heavy (non-hydrogen) atoms. The van der Waals surface area contributed by atoms with Crippen molar-refractivity contribution in [1.82, 2.24) is 14.1 Å². The summed E-state index contributed by atoms with van der Waals surface area (Å²) in [6.07, 6.45) is 10.4. The molecule has 2 aliphatic rings. The molecule has 7 heteroatoms. The first kappa shape index (κ1) is 19.1. The molecule has 1 fully saturated rings. The number of fused-ring (bicyclic) bond motifs is 5. The number of hydrogen-bond donors (Lipinski definition) is 0. The van der Waals surface area contributed by atoms with E-state index in [1.54, 1.807) is 0 Å². The lowest BCUT2D eigenvalue weighted by Gasteiger charge is -2.23. The van der Waals surface area contributed by atoms with Gasteiger partial charge in [-0.1, -0.05) is 25.3 Å². The maximum absolute atomic E-state index is 12.2. The van der Waals surface area contributed by atoms with Gasteiger partial charge in [0, 0.05) is 18.1 Å². The van der Waals surface area contributed by atoms with Crippen molar-refractivity contribution in [2.75, 3.05) is 7.11 Å². The van der Waals surface area contributed by atoms with Crippen molar-refractivity contribution < 1.29 is 9.53 Å². The zero-order chi connectivity index (χ0) is 20.1. The highest BCUT2D eigenvalue weighted by Crippen LogP contribution is 2.45. The first-order chi connectivity index (χ1) is 14.1. The van der Waals surface area contributed by atoms with E-state index >= 15 is 0 Å². The molecule has 0 bridgehead atoms. The Morgan fingerprint density at radius 2 is 2.00 bits per heavy atom. The smallest absolute Gasteiger partial charge is 0.337 e. The van der Waals surface area contributed by atoms with Crippen molar-refractivity contribution in [1.29, 1.82) is 0 Å². The van der Waals surface area contributed by atoms with Gasteiger partial charge in [-0.2, -0.15) is 0 Å². The number of benzene rings is 1. The summed E-state index contributed by atoms with van der Waals surface area (Å²) in [5.41, 5.74) is 4.17. The Kier molecular flexibility index (Phi) is 4.90. The van der Waals surface area contributed by atoms with Gasteiger partial charge in [-0.25, -0.2) is 9.78 Å². The van der Waals surface area contributed by atoms with E-state index in [0.717, 1.165) is 32.8 Å². The van der Waals surface area contributed by atoms with E-state index in [0.29, 0.717) is 11.5 Å². The Labute approximate surface area is 186 Å². The number of hydrogen-bond acceptors (Lipinski definition) is 3. The number of methoxy groups -OCH3 is 1. The van der Waals surface area contributed by atoms with Gasteiger partial charge in [0.05, 0.1) is 23.9 Å². The number of halogens is 2. The molecule has 1 aliphatic carbocycles. The summed E-state index contributed by atoms with van der Waals surface area (Å²) in [4.78, 5) is 17.0. The molecule has 1 aromatic carbocycles. The van der Waals surface area contributed by atoms with Crippen LogP contribution in [-0.2, 0) is 11.3 Å². The zero-order valence-corrected chi connectivity index (χ0v) is 19.3. The average molecular weight is 519 g/mol. The Morgan fingerprint density at radius 3 is 2.76 bits per heavy atom. The van der Waals surface area contributed by atoms with Crippen molar-refractivity contribution >= 4 is 54.9 Å². The van der Waals surface area contributed by atoms with E-state index in [1.165, 1.54) is 50.2 Å². The van der Waals surface area contributed by atoms with Crippen molar-refractivity contribution in [3.63, 3.8) is 0 Å². The first-order valence-electron chi connectivity index (χ1n) is 9.95. The van der Waals surface area contributed by atoms with Crippen molar-refractivity contribution in [2.24, 2.45) is 0 Å². The third kappa shape index (κ3) is 3.01. The number of aromatic nitrogens is 3. The molecule has 0 radical (unpaired) electrons. The first-order valence-corrected chi connectivity index (χ1v) is 11.5. The normalized spacial score (nSPS) is 16.5. The second-order valence-electron chi connectivity index (χ2n) is 7.70. The number of allylic oxidation sites excluding steroid dienone is 1. The Hall–Kier alpha value is -1.86. The van der Waals surface area contributed by atoms with Crippen LogP contribution in [0.3, 0.4) is 0 Å². The molecule has 0 saturated heterocycles. The van der Waals surface area contributed by atoms with Crippen LogP contribution in [0.2, 0.25) is 0 Å². The van der Waals surface area contributed by atoms with Gasteiger partial charge in [0.15, 0.2) is 5.82 Å². The molecule has 150 valence electrons. The molecule has 0 atom stereocenters. The van der Waals surface area contributed by atoms with Gasteiger partial charge in [-0.3, -0.25) is 4.57 Å². The lowest BCUT2D eigenvalue weighted by molar-refractivity contribution is 0.0601. The van der Waals surface area contributed by atoms with Gasteiger partial charge in [0.25, 0.3) is 0 Å². The van der Waals surface area contributed by atoms with E-state index in [2.05, 4.69) is 59.3 Å². The zero-order valence-electron chi connectivity index (χ0n) is 16.1. The summed E-state index contributed by atoms with van der Waals surface area (Å²) in [6.45, 7) is 0.733. The minimum Gasteiger partial charge on any atom is -0.465 e. The minimum atomic E-state index is -0.308. The Bertz CT molecular complexity index is 1150. The molecule has 1 aliphatic heterocycles. The molecule has 3 heterocycles. The number of esters is 1. The largest absolute Gasteiger partial charge is 0.465 e. The van der Waals surface area contributed by atoms with E-state index in [4.69, 9.17) is 9.72 Å². The summed E-state index contributed by atoms with van der Waals surface area (Å²) in [5.74, 6) is 1.12. The number of carbonyl (C=O) groups excluding carboxylic acids is 1. The van der Waals surface area contributed by atoms with Crippen LogP contribution in [0.15, 0.2) is 33.5 Å². The van der Waals surface area contributed by atoms with Gasteiger partial charge < -0.3 is 9.30 Å². The lowest BCUT2D eigenvalue weighted by atomic mass is 9.82. The fourth-order valence-electron chi connectivity index (χ4n) is 4.80. The molecule has 0 amide bonds. The van der Waals surface area contributed by atoms with Crippen molar-refractivity contribution in [2.45, 2.75) is 44.6 Å². The van der Waals surface area contributed by atoms with E-state index < -0.39 is 0 Å². The third-order valence-corrected chi connectivity index (χ3v) is 7.95. The predicted octanol–water partition coefficient (Wildman–Crippen LogP) is 6.35. The quantitative estimate of drug-likeness (QED) is 0.371. The van der Waals surface area contributed by atoms with Crippen LogP contribution in [0.5, 0.6) is 0 Å². The fourth-order valence-corrected chi connectivity index (χ4v) is 5.54. The fraction of sp³-hybridized carbons (Fsp3) is 0.364. The number of ether oxygens (including phenoxy) is 1. The number of imidazole rings is 1. The second-order valence-corrected chi connectivity index (χ2v) is 9.21. The molecule has 5 rings (SSSR count). The molecule has 0 unspecified atom stereocenters. The predicted molar refractivity (Wildman–Crippen MR) is 121 cm³/mol. The molecule has 3 aromatic rings. The van der Waals surface area contributed by atoms with Crippen molar-refractivity contribution in [3.8, 4) is 11.5 Å². The second kappa shape index (κ2) is 7.43. The number of rotatable bonds is 2. The number of carbonyl (C=O) groups is 1. The molecular formula is C22H21Br2N3O2.